The minimum absolute atomic E-state index is 0.0753. The van der Waals surface area contributed by atoms with Crippen molar-refractivity contribution in [2.24, 2.45) is 0 Å². The summed E-state index contributed by atoms with van der Waals surface area (Å²) in [6.45, 7) is 8.17. The van der Waals surface area contributed by atoms with Crippen LogP contribution >= 0.6 is 11.6 Å². The molecule has 1 N–H and O–H groups in total. The molecule has 54 heavy (non-hydrogen) atoms. The van der Waals surface area contributed by atoms with E-state index in [1.165, 1.54) is 39.1 Å². The summed E-state index contributed by atoms with van der Waals surface area (Å²) in [7, 11) is 6.86. The van der Waals surface area contributed by atoms with E-state index in [1.807, 2.05) is 12.1 Å². The molecule has 2 aliphatic rings. The smallest absolute Gasteiger partial charge is 0.163 e. The number of methoxy groups -OCH3 is 4. The first kappa shape index (κ1) is 39.1. The summed E-state index contributed by atoms with van der Waals surface area (Å²) in [5.41, 5.74) is 9.64. The van der Waals surface area contributed by atoms with Gasteiger partial charge in [0, 0.05) is 42.9 Å². The van der Waals surface area contributed by atoms with Crippen molar-refractivity contribution in [1.82, 2.24) is 10.2 Å². The number of anilines is 1. The Morgan fingerprint density at radius 2 is 1.43 bits per heavy atom. The van der Waals surface area contributed by atoms with E-state index in [0.29, 0.717) is 6.04 Å². The third-order valence-electron chi connectivity index (χ3n) is 10.7. The fourth-order valence-corrected chi connectivity index (χ4v) is 8.12. The molecular formula is C46H56ClN3O4. The molecule has 6 rings (SSSR count). The second-order valence-electron chi connectivity index (χ2n) is 14.3. The van der Waals surface area contributed by atoms with Gasteiger partial charge >= 0.3 is 0 Å². The Morgan fingerprint density at radius 1 is 0.759 bits per heavy atom. The SMILES string of the molecule is CCCc1cc(-c2cccc(CN(c3ccc(Cl)cc3)C3CCN(CC4=CC(c5cc(CCC)c(OC)c(OC)c5)NC=C4)CC3)c2)cc(OC)c1OC. The number of hydrogen-bond donors (Lipinski definition) is 1. The second-order valence-corrected chi connectivity index (χ2v) is 14.8. The highest BCUT2D eigenvalue weighted by atomic mass is 35.5. The van der Waals surface area contributed by atoms with E-state index in [9.17, 15) is 0 Å². The van der Waals surface area contributed by atoms with Gasteiger partial charge in [0.05, 0.1) is 34.5 Å². The van der Waals surface area contributed by atoms with Crippen LogP contribution in [0.1, 0.15) is 67.8 Å². The molecule has 286 valence electrons. The Morgan fingerprint density at radius 3 is 2.07 bits per heavy atom. The van der Waals surface area contributed by atoms with Crippen LogP contribution < -0.4 is 29.2 Å². The Kier molecular flexibility index (Phi) is 13.5. The van der Waals surface area contributed by atoms with Crippen LogP contribution in [0, 0.1) is 0 Å². The molecule has 1 unspecified atom stereocenters. The highest BCUT2D eigenvalue weighted by Gasteiger charge is 2.27. The standard InChI is InChI=1S/C46H56ClN3O4/c1-7-10-35-26-37(28-43(51-3)45(35)53-5)34-13-9-12-32(24-34)31-50(40-16-14-39(47)15-17-40)41-19-22-49(23-20-41)30-33-18-21-48-42(25-33)38-27-36(11-8-2)46(54-6)44(29-38)52-4/h9,12-18,21,24-29,41-42,48H,7-8,10-11,19-20,22-23,30-31H2,1-6H3. The van der Waals surface area contributed by atoms with Crippen LogP contribution in [0.4, 0.5) is 5.69 Å². The van der Waals surface area contributed by atoms with E-state index in [4.69, 9.17) is 30.5 Å². The summed E-state index contributed by atoms with van der Waals surface area (Å²) in [4.78, 5) is 5.17. The first-order chi connectivity index (χ1) is 26.4. The number of nitrogens with zero attached hydrogens (tertiary/aromatic N) is 2. The molecule has 0 aliphatic carbocycles. The Balaban J connectivity index is 1.17. The van der Waals surface area contributed by atoms with E-state index in [-0.39, 0.29) is 6.04 Å². The van der Waals surface area contributed by atoms with Gasteiger partial charge in [-0.15, -0.1) is 0 Å². The fraction of sp³-hybridized carbons (Fsp3) is 0.391. The molecule has 0 aromatic heterocycles. The van der Waals surface area contributed by atoms with Crippen molar-refractivity contribution < 1.29 is 18.9 Å². The van der Waals surface area contributed by atoms with E-state index in [2.05, 4.69) is 108 Å². The lowest BCUT2D eigenvalue weighted by Gasteiger charge is -2.40. The van der Waals surface area contributed by atoms with Gasteiger partial charge in [0.15, 0.2) is 23.0 Å². The van der Waals surface area contributed by atoms with E-state index < -0.39 is 0 Å². The summed E-state index contributed by atoms with van der Waals surface area (Å²) in [5.74, 6) is 3.21. The van der Waals surface area contributed by atoms with Crippen molar-refractivity contribution in [3.05, 3.63) is 124 Å². The van der Waals surface area contributed by atoms with Crippen molar-refractivity contribution in [3.8, 4) is 34.1 Å². The molecule has 0 saturated carbocycles. The van der Waals surface area contributed by atoms with Gasteiger partial charge in [-0.25, -0.2) is 0 Å². The number of dihydropyridines is 1. The molecule has 0 bridgehead atoms. The fourth-order valence-electron chi connectivity index (χ4n) is 8.00. The minimum atomic E-state index is 0.0753. The van der Waals surface area contributed by atoms with Crippen LogP contribution in [-0.4, -0.2) is 59.0 Å². The lowest BCUT2D eigenvalue weighted by Crippen LogP contribution is -2.45. The normalized spacial score (nSPS) is 16.1. The lowest BCUT2D eigenvalue weighted by molar-refractivity contribution is 0.224. The van der Waals surface area contributed by atoms with Crippen molar-refractivity contribution >= 4 is 17.3 Å². The zero-order chi connectivity index (χ0) is 38.0. The first-order valence-corrected chi connectivity index (χ1v) is 19.7. The maximum absolute atomic E-state index is 6.37. The predicted octanol–water partition coefficient (Wildman–Crippen LogP) is 10.2. The number of benzene rings is 4. The third kappa shape index (κ3) is 9.19. The van der Waals surface area contributed by atoms with Gasteiger partial charge in [0.2, 0.25) is 0 Å². The monoisotopic (exact) mass is 749 g/mol. The molecule has 8 heteroatoms. The van der Waals surface area contributed by atoms with Gasteiger partial charge in [0.1, 0.15) is 0 Å². The van der Waals surface area contributed by atoms with Crippen molar-refractivity contribution in [3.63, 3.8) is 0 Å². The quantitative estimate of drug-likeness (QED) is 0.122. The van der Waals surface area contributed by atoms with Crippen molar-refractivity contribution in [2.45, 2.75) is 71.0 Å². The molecule has 0 spiro atoms. The Bertz CT molecular complexity index is 1920. The van der Waals surface area contributed by atoms with Crippen molar-refractivity contribution in [2.75, 3.05) is 53.0 Å². The number of nitrogens with one attached hydrogen (secondary N) is 1. The Labute approximate surface area is 327 Å². The third-order valence-corrected chi connectivity index (χ3v) is 10.9. The summed E-state index contributed by atoms with van der Waals surface area (Å²) in [6.07, 6.45) is 12.8. The number of hydrogen-bond acceptors (Lipinski definition) is 7. The molecular weight excluding hydrogens is 694 g/mol. The minimum Gasteiger partial charge on any atom is -0.493 e. The van der Waals surface area contributed by atoms with Gasteiger partial charge in [-0.2, -0.15) is 0 Å². The van der Waals surface area contributed by atoms with E-state index >= 15 is 0 Å². The van der Waals surface area contributed by atoms with Gasteiger partial charge in [0.25, 0.3) is 0 Å². The number of likely N-dealkylation sites (tertiary alicyclic amines) is 1. The summed E-state index contributed by atoms with van der Waals surface area (Å²) in [5, 5.41) is 4.31. The van der Waals surface area contributed by atoms with Crippen LogP contribution in [-0.2, 0) is 19.4 Å². The van der Waals surface area contributed by atoms with Gasteiger partial charge in [-0.3, -0.25) is 4.90 Å². The molecule has 0 amide bonds. The number of piperidine rings is 1. The molecule has 2 heterocycles. The number of rotatable bonds is 16. The number of aryl methyl sites for hydroxylation is 2. The van der Waals surface area contributed by atoms with E-state index in [0.717, 1.165) is 98.3 Å². The van der Waals surface area contributed by atoms with Crippen LogP contribution in [0.15, 0.2) is 96.7 Å². The van der Waals surface area contributed by atoms with Gasteiger partial charge in [-0.05, 0) is 132 Å². The number of ether oxygens (including phenoxy) is 4. The predicted molar refractivity (Wildman–Crippen MR) is 223 cm³/mol. The highest BCUT2D eigenvalue weighted by molar-refractivity contribution is 6.30. The largest absolute Gasteiger partial charge is 0.493 e. The molecule has 1 fully saturated rings. The highest BCUT2D eigenvalue weighted by Crippen LogP contribution is 2.39. The molecule has 2 aliphatic heterocycles. The maximum atomic E-state index is 6.37. The molecule has 4 aromatic rings. The topological polar surface area (TPSA) is 55.4 Å². The van der Waals surface area contributed by atoms with Crippen LogP contribution in [0.25, 0.3) is 11.1 Å². The zero-order valence-corrected chi connectivity index (χ0v) is 33.5. The Hall–Kier alpha value is -4.59. The van der Waals surface area contributed by atoms with Gasteiger partial charge < -0.3 is 29.2 Å². The summed E-state index contributed by atoms with van der Waals surface area (Å²) in [6, 6.07) is 26.4. The first-order valence-electron chi connectivity index (χ1n) is 19.3. The van der Waals surface area contributed by atoms with Crippen molar-refractivity contribution in [1.29, 1.82) is 0 Å². The molecule has 1 saturated heterocycles. The van der Waals surface area contributed by atoms with Crippen LogP contribution in [0.2, 0.25) is 5.02 Å². The zero-order valence-electron chi connectivity index (χ0n) is 32.8. The van der Waals surface area contributed by atoms with Gasteiger partial charge in [-0.1, -0.05) is 62.6 Å². The molecule has 7 nitrogen and oxygen atoms in total. The van der Waals surface area contributed by atoms with E-state index in [1.54, 1.807) is 28.4 Å². The second kappa shape index (κ2) is 18.6. The lowest BCUT2D eigenvalue weighted by atomic mass is 9.96. The summed E-state index contributed by atoms with van der Waals surface area (Å²) < 4.78 is 23.0. The molecule has 4 aromatic carbocycles. The average Bonchev–Trinajstić information content (AvgIpc) is 3.20. The molecule has 0 radical (unpaired) electrons. The summed E-state index contributed by atoms with van der Waals surface area (Å²) >= 11 is 6.37. The van der Waals surface area contributed by atoms with Crippen LogP contribution in [0.5, 0.6) is 23.0 Å². The average molecular weight is 750 g/mol. The molecule has 1 atom stereocenters. The maximum Gasteiger partial charge on any atom is 0.163 e. The van der Waals surface area contributed by atoms with Crippen LogP contribution in [0.3, 0.4) is 0 Å². The number of halogens is 1.